The van der Waals surface area contributed by atoms with Gasteiger partial charge in [-0.05, 0) is 55.9 Å². The third-order valence-corrected chi connectivity index (χ3v) is 12.0. The van der Waals surface area contributed by atoms with Crippen molar-refractivity contribution in [1.29, 1.82) is 0 Å². The van der Waals surface area contributed by atoms with Crippen LogP contribution in [-0.4, -0.2) is 0 Å². The molecule has 0 saturated carbocycles. The van der Waals surface area contributed by atoms with Crippen molar-refractivity contribution in [2.45, 2.75) is 0 Å². The average molecular weight is 569 g/mol. The highest BCUT2D eigenvalue weighted by Gasteiger charge is 2.33. The van der Waals surface area contributed by atoms with E-state index in [0.717, 1.165) is 48.6 Å². The van der Waals surface area contributed by atoms with Gasteiger partial charge >= 0.3 is 0 Å². The Morgan fingerprint density at radius 1 is 0.372 bits per heavy atom. The second kappa shape index (κ2) is 9.16. The lowest BCUT2D eigenvalue weighted by Crippen LogP contribution is -2.25. The Morgan fingerprint density at radius 3 is 1.40 bits per heavy atom. The third kappa shape index (κ3) is 3.39. The van der Waals surface area contributed by atoms with E-state index in [2.05, 4.69) is 78.9 Å². The Kier molecular flexibility index (Phi) is 5.21. The van der Waals surface area contributed by atoms with E-state index in [1.807, 2.05) is 72.8 Å². The number of furan rings is 1. The Labute approximate surface area is 248 Å². The van der Waals surface area contributed by atoms with Gasteiger partial charge in [0, 0.05) is 32.1 Å². The van der Waals surface area contributed by atoms with Gasteiger partial charge in [-0.25, -0.2) is 0 Å². The summed E-state index contributed by atoms with van der Waals surface area (Å²) in [7, 11) is -3.25. The molecule has 0 radical (unpaired) electrons. The molecule has 2 nitrogen and oxygen atoms in total. The van der Waals surface area contributed by atoms with Crippen molar-refractivity contribution >= 4 is 88.1 Å². The van der Waals surface area contributed by atoms with Crippen LogP contribution >= 0.6 is 7.14 Å². The van der Waals surface area contributed by atoms with Crippen LogP contribution in [0, 0.1) is 0 Å². The van der Waals surface area contributed by atoms with E-state index in [-0.39, 0.29) is 0 Å². The molecule has 9 aromatic rings. The van der Waals surface area contributed by atoms with E-state index in [1.165, 1.54) is 32.3 Å². The van der Waals surface area contributed by atoms with Crippen molar-refractivity contribution < 1.29 is 8.98 Å². The molecule has 1 heterocycles. The van der Waals surface area contributed by atoms with Crippen LogP contribution < -0.4 is 15.9 Å². The minimum Gasteiger partial charge on any atom is -0.456 e. The predicted molar refractivity (Wildman–Crippen MR) is 183 cm³/mol. The first kappa shape index (κ1) is 24.4. The molecular weight excluding hydrogens is 543 g/mol. The monoisotopic (exact) mass is 568 g/mol. The SMILES string of the molecule is O=P(c1ccccc1)(c1ccccc1)c1cc2oc3ccc4c5ccccc5c5ccccc5c4c3c2c2ccccc12. The van der Waals surface area contributed by atoms with Crippen LogP contribution in [0.25, 0.3) is 65.0 Å². The van der Waals surface area contributed by atoms with Crippen molar-refractivity contribution in [3.63, 3.8) is 0 Å². The number of hydrogen-bond acceptors (Lipinski definition) is 2. The van der Waals surface area contributed by atoms with E-state index in [0.29, 0.717) is 0 Å². The molecule has 0 unspecified atom stereocenters. The fourth-order valence-electron chi connectivity index (χ4n) is 7.06. The molecule has 43 heavy (non-hydrogen) atoms. The van der Waals surface area contributed by atoms with E-state index < -0.39 is 7.14 Å². The normalized spacial score (nSPS) is 12.3. The molecule has 202 valence electrons. The van der Waals surface area contributed by atoms with Gasteiger partial charge in [-0.3, -0.25) is 0 Å². The Bertz CT molecular complexity index is 2500. The average Bonchev–Trinajstić information content (AvgIpc) is 3.47. The summed E-state index contributed by atoms with van der Waals surface area (Å²) in [5.41, 5.74) is 1.58. The summed E-state index contributed by atoms with van der Waals surface area (Å²) in [6.07, 6.45) is 0. The standard InChI is InChI=1S/C40H25O2P/c41-43(26-13-3-1-4-14-26,27-15-5-2-6-16-27)37-25-36-39(33-22-12-10-20-31(33)37)40-35(42-36)24-23-34-30-19-8-7-17-28(30)29-18-9-11-21-32(29)38(34)40/h1-25H. The topological polar surface area (TPSA) is 30.2 Å². The lowest BCUT2D eigenvalue weighted by atomic mass is 9.91. The highest BCUT2D eigenvalue weighted by atomic mass is 31.2. The van der Waals surface area contributed by atoms with Crippen molar-refractivity contribution in [1.82, 2.24) is 0 Å². The Hall–Kier alpha value is -5.17. The maximum atomic E-state index is 15.6. The molecule has 0 spiro atoms. The number of fused-ring (bicyclic) bond motifs is 12. The number of rotatable bonds is 3. The molecule has 0 fully saturated rings. The van der Waals surface area contributed by atoms with Gasteiger partial charge in [0.15, 0.2) is 7.14 Å². The largest absolute Gasteiger partial charge is 0.456 e. The Balaban J connectivity index is 1.49. The van der Waals surface area contributed by atoms with Crippen molar-refractivity contribution in [3.05, 3.63) is 152 Å². The lowest BCUT2D eigenvalue weighted by Gasteiger charge is -2.22. The van der Waals surface area contributed by atoms with Gasteiger partial charge in [-0.15, -0.1) is 0 Å². The highest BCUT2D eigenvalue weighted by Crippen LogP contribution is 2.48. The maximum absolute atomic E-state index is 15.6. The minimum atomic E-state index is -3.25. The fourth-order valence-corrected chi connectivity index (χ4v) is 9.93. The van der Waals surface area contributed by atoms with Gasteiger partial charge in [0.05, 0.1) is 0 Å². The van der Waals surface area contributed by atoms with Crippen LogP contribution in [-0.2, 0) is 4.57 Å². The second-order valence-electron chi connectivity index (χ2n) is 11.1. The number of benzene rings is 8. The van der Waals surface area contributed by atoms with Gasteiger partial charge < -0.3 is 8.98 Å². The third-order valence-electron chi connectivity index (χ3n) is 8.91. The zero-order valence-corrected chi connectivity index (χ0v) is 24.1. The van der Waals surface area contributed by atoms with Gasteiger partial charge in [0.25, 0.3) is 0 Å². The molecule has 0 atom stereocenters. The van der Waals surface area contributed by atoms with Gasteiger partial charge in [-0.1, -0.05) is 133 Å². The molecule has 1 aromatic heterocycles. The minimum absolute atomic E-state index is 0.750. The van der Waals surface area contributed by atoms with E-state index >= 15 is 4.57 Å². The predicted octanol–water partition coefficient (Wildman–Crippen LogP) is 9.84. The van der Waals surface area contributed by atoms with Gasteiger partial charge in [0.1, 0.15) is 11.2 Å². The number of hydrogen-bond donors (Lipinski definition) is 0. The first-order valence-corrected chi connectivity index (χ1v) is 16.3. The maximum Gasteiger partial charge on any atom is 0.171 e. The Morgan fingerprint density at radius 2 is 0.814 bits per heavy atom. The van der Waals surface area contributed by atoms with Crippen molar-refractivity contribution in [2.75, 3.05) is 0 Å². The molecule has 0 N–H and O–H groups in total. The van der Waals surface area contributed by atoms with Crippen LogP contribution in [0.1, 0.15) is 0 Å². The van der Waals surface area contributed by atoms with Crippen molar-refractivity contribution in [2.24, 2.45) is 0 Å². The van der Waals surface area contributed by atoms with Gasteiger partial charge in [-0.2, -0.15) is 0 Å². The fraction of sp³-hybridized carbons (Fsp3) is 0. The highest BCUT2D eigenvalue weighted by molar-refractivity contribution is 7.85. The van der Waals surface area contributed by atoms with E-state index in [1.54, 1.807) is 0 Å². The zero-order valence-electron chi connectivity index (χ0n) is 23.2. The van der Waals surface area contributed by atoms with Crippen LogP contribution in [0.5, 0.6) is 0 Å². The first-order chi connectivity index (χ1) is 21.2. The molecule has 9 rings (SSSR count). The summed E-state index contributed by atoms with van der Waals surface area (Å²) < 4.78 is 22.3. The molecule has 0 amide bonds. The summed E-state index contributed by atoms with van der Waals surface area (Å²) in [4.78, 5) is 0. The van der Waals surface area contributed by atoms with Crippen LogP contribution in [0.2, 0.25) is 0 Å². The molecule has 0 bridgehead atoms. The summed E-state index contributed by atoms with van der Waals surface area (Å²) in [6, 6.07) is 51.8. The summed E-state index contributed by atoms with van der Waals surface area (Å²) in [5, 5.41) is 13.9. The molecule has 8 aromatic carbocycles. The molecule has 0 aliphatic heterocycles. The van der Waals surface area contributed by atoms with Crippen molar-refractivity contribution in [3.8, 4) is 0 Å². The van der Waals surface area contributed by atoms with Crippen LogP contribution in [0.4, 0.5) is 0 Å². The molecule has 3 heteroatoms. The summed E-state index contributed by atoms with van der Waals surface area (Å²) >= 11 is 0. The smallest absolute Gasteiger partial charge is 0.171 e. The van der Waals surface area contributed by atoms with Gasteiger partial charge in [0.2, 0.25) is 0 Å². The molecular formula is C40H25O2P. The first-order valence-electron chi connectivity index (χ1n) is 14.6. The second-order valence-corrected chi connectivity index (χ2v) is 13.9. The molecule has 0 aliphatic carbocycles. The zero-order chi connectivity index (χ0) is 28.5. The van der Waals surface area contributed by atoms with Crippen LogP contribution in [0.15, 0.2) is 156 Å². The van der Waals surface area contributed by atoms with E-state index in [4.69, 9.17) is 4.42 Å². The quantitative estimate of drug-likeness (QED) is 0.157. The summed E-state index contributed by atoms with van der Waals surface area (Å²) in [5.74, 6) is 0. The molecule has 0 aliphatic rings. The molecule has 0 saturated heterocycles. The lowest BCUT2D eigenvalue weighted by molar-refractivity contribution is 0.592. The summed E-state index contributed by atoms with van der Waals surface area (Å²) in [6.45, 7) is 0. The van der Waals surface area contributed by atoms with E-state index in [9.17, 15) is 0 Å². The van der Waals surface area contributed by atoms with Crippen LogP contribution in [0.3, 0.4) is 0 Å².